The third-order valence-electron chi connectivity index (χ3n) is 7.52. The Morgan fingerprint density at radius 3 is 2.58 bits per heavy atom. The highest BCUT2D eigenvalue weighted by Gasteiger charge is 2.59. The van der Waals surface area contributed by atoms with Gasteiger partial charge in [-0.05, 0) is 41.8 Å². The second-order valence-corrected chi connectivity index (χ2v) is 12.1. The Morgan fingerprint density at radius 2 is 1.93 bits per heavy atom. The molecule has 4 heterocycles. The van der Waals surface area contributed by atoms with Gasteiger partial charge in [-0.2, -0.15) is 0 Å². The van der Waals surface area contributed by atoms with E-state index in [0.29, 0.717) is 27.1 Å². The highest BCUT2D eigenvalue weighted by molar-refractivity contribution is 8.15. The van der Waals surface area contributed by atoms with Crippen molar-refractivity contribution in [2.75, 3.05) is 5.75 Å². The third-order valence-corrected chi connectivity index (χ3v) is 9.73. The Morgan fingerprint density at radius 1 is 1.18 bits per heavy atom. The Balaban J connectivity index is 1.17. The molecule has 2 aromatic carbocycles. The van der Waals surface area contributed by atoms with Gasteiger partial charge in [-0.25, -0.2) is 14.6 Å². The Hall–Kier alpha value is -3.74. The fourth-order valence-electron chi connectivity index (χ4n) is 5.60. The van der Waals surface area contributed by atoms with Crippen LogP contribution in [0.5, 0.6) is 5.75 Å². The molecule has 12 heteroatoms. The number of rotatable bonds is 8. The average Bonchev–Trinajstić information content (AvgIpc) is 3.62. The standard InChI is InChI=1S/C28H25N3O7S2/c1-12-20(23(28(36)37)31-22(12)21(13(2)32)26(31)33)15-5-3-14(4-6-15)10-38-16-7-8-17-19(9-16)40-25(29-17)24-30-18(11-39-24)27(34)35/h3-9,12-13,18,21-22,32H,10-11H2,1-2H3,(H,34,35)(H,36,37)/t12-,13+,18+,21+,22+/m0/s1. The summed E-state index contributed by atoms with van der Waals surface area (Å²) in [5.74, 6) is -2.22. The number of aliphatic imine (C=N–C) groups is 1. The first-order valence-electron chi connectivity index (χ1n) is 12.7. The largest absolute Gasteiger partial charge is 0.489 e. The number of hydrogen-bond donors (Lipinski definition) is 3. The van der Waals surface area contributed by atoms with Gasteiger partial charge in [-0.3, -0.25) is 9.79 Å². The van der Waals surface area contributed by atoms with Gasteiger partial charge < -0.3 is 25.0 Å². The molecule has 1 amide bonds. The minimum atomic E-state index is -1.16. The lowest BCUT2D eigenvalue weighted by atomic mass is 9.77. The minimum Gasteiger partial charge on any atom is -0.489 e. The van der Waals surface area contributed by atoms with Crippen LogP contribution in [0.1, 0.15) is 30.0 Å². The first-order valence-corrected chi connectivity index (χ1v) is 14.5. The zero-order chi connectivity index (χ0) is 28.3. The number of thioether (sulfide) groups is 1. The van der Waals surface area contributed by atoms with Gasteiger partial charge in [-0.1, -0.05) is 31.2 Å². The number of nitrogens with zero attached hydrogens (tertiary/aromatic N) is 3. The number of aliphatic hydroxyl groups is 1. The summed E-state index contributed by atoms with van der Waals surface area (Å²) in [6, 6.07) is 11.9. The molecule has 0 spiro atoms. The van der Waals surface area contributed by atoms with Gasteiger partial charge in [0.15, 0.2) is 6.04 Å². The first-order chi connectivity index (χ1) is 19.1. The number of β-lactam (4-membered cyclic amide) rings is 1. The highest BCUT2D eigenvalue weighted by atomic mass is 32.2. The lowest BCUT2D eigenvalue weighted by molar-refractivity contribution is -0.163. The van der Waals surface area contributed by atoms with E-state index < -0.39 is 30.0 Å². The number of carboxylic acid groups (broad SMARTS) is 2. The summed E-state index contributed by atoms with van der Waals surface area (Å²) in [6.07, 6.45) is -0.847. The maximum Gasteiger partial charge on any atom is 0.352 e. The van der Waals surface area contributed by atoms with Crippen LogP contribution in [0.4, 0.5) is 0 Å². The molecule has 0 radical (unpaired) electrons. The number of aromatic nitrogens is 1. The Labute approximate surface area is 237 Å². The number of thiazole rings is 1. The van der Waals surface area contributed by atoms with Crippen LogP contribution in [0.25, 0.3) is 15.8 Å². The smallest absolute Gasteiger partial charge is 0.352 e. The van der Waals surface area contributed by atoms with E-state index in [1.54, 1.807) is 6.92 Å². The number of hydrogen-bond acceptors (Lipinski definition) is 9. The molecular formula is C28H25N3O7S2. The average molecular weight is 580 g/mol. The van der Waals surface area contributed by atoms with E-state index in [-0.39, 0.29) is 30.2 Å². The number of carbonyl (C=O) groups excluding carboxylic acids is 1. The summed E-state index contributed by atoms with van der Waals surface area (Å²) in [6.45, 7) is 3.74. The molecule has 0 bridgehead atoms. The van der Waals surface area contributed by atoms with Crippen LogP contribution in [-0.4, -0.2) is 72.0 Å². The Kier molecular flexibility index (Phi) is 6.64. The van der Waals surface area contributed by atoms with Crippen LogP contribution in [0, 0.1) is 11.8 Å². The highest BCUT2D eigenvalue weighted by Crippen LogP contribution is 2.50. The van der Waals surface area contributed by atoms with Crippen molar-refractivity contribution in [3.8, 4) is 5.75 Å². The molecule has 0 unspecified atom stereocenters. The number of aliphatic hydroxyl groups excluding tert-OH is 1. The van der Waals surface area contributed by atoms with Crippen LogP contribution in [-0.2, 0) is 21.0 Å². The number of fused-ring (bicyclic) bond motifs is 2. The quantitative estimate of drug-likeness (QED) is 0.341. The van der Waals surface area contributed by atoms with Gasteiger partial charge in [0.1, 0.15) is 28.1 Å². The molecule has 1 saturated heterocycles. The number of carbonyl (C=O) groups is 3. The van der Waals surface area contributed by atoms with Crippen molar-refractivity contribution in [1.82, 2.24) is 9.88 Å². The fraction of sp³-hybridized carbons (Fsp3) is 0.321. The zero-order valence-corrected chi connectivity index (χ0v) is 23.1. The van der Waals surface area contributed by atoms with Crippen molar-refractivity contribution < 1.29 is 34.4 Å². The third kappa shape index (κ3) is 4.36. The predicted molar refractivity (Wildman–Crippen MR) is 150 cm³/mol. The number of carboxylic acids is 2. The van der Waals surface area contributed by atoms with Crippen LogP contribution < -0.4 is 4.74 Å². The van der Waals surface area contributed by atoms with Gasteiger partial charge in [0.05, 0.1) is 28.3 Å². The summed E-state index contributed by atoms with van der Waals surface area (Å²) in [4.78, 5) is 46.1. The van der Waals surface area contributed by atoms with E-state index in [2.05, 4.69) is 9.98 Å². The van der Waals surface area contributed by atoms with E-state index in [1.165, 1.54) is 28.0 Å². The van der Waals surface area contributed by atoms with Crippen molar-refractivity contribution in [2.24, 2.45) is 16.8 Å². The minimum absolute atomic E-state index is 0.0129. The molecule has 3 aliphatic rings. The first kappa shape index (κ1) is 26.5. The topological polar surface area (TPSA) is 150 Å². The Bertz CT molecular complexity index is 1610. The van der Waals surface area contributed by atoms with Crippen molar-refractivity contribution >= 4 is 61.8 Å². The maximum atomic E-state index is 12.6. The summed E-state index contributed by atoms with van der Waals surface area (Å²) in [7, 11) is 0. The molecule has 0 aliphatic carbocycles. The van der Waals surface area contributed by atoms with Gasteiger partial charge >= 0.3 is 11.9 Å². The van der Waals surface area contributed by atoms with Crippen LogP contribution >= 0.6 is 23.1 Å². The normalized spacial score (nSPS) is 24.6. The van der Waals surface area contributed by atoms with E-state index >= 15 is 0 Å². The van der Waals surface area contributed by atoms with Gasteiger partial charge in [-0.15, -0.1) is 23.1 Å². The lowest BCUT2D eigenvalue weighted by Crippen LogP contribution is -2.63. The fourth-order valence-corrected chi connectivity index (χ4v) is 7.69. The molecule has 3 N–H and O–H groups in total. The number of ether oxygens (including phenoxy) is 1. The summed E-state index contributed by atoms with van der Waals surface area (Å²) < 4.78 is 6.91. The zero-order valence-electron chi connectivity index (χ0n) is 21.5. The molecule has 40 heavy (non-hydrogen) atoms. The van der Waals surface area contributed by atoms with Crippen LogP contribution in [0.3, 0.4) is 0 Å². The monoisotopic (exact) mass is 579 g/mol. The molecular weight excluding hydrogens is 554 g/mol. The number of amides is 1. The molecule has 3 aromatic rings. The van der Waals surface area contributed by atoms with Crippen LogP contribution in [0.2, 0.25) is 0 Å². The van der Waals surface area contributed by atoms with Gasteiger partial charge in [0, 0.05) is 11.7 Å². The van der Waals surface area contributed by atoms with Crippen molar-refractivity contribution in [3.05, 3.63) is 64.3 Å². The molecule has 6 rings (SSSR count). The predicted octanol–water partition coefficient (Wildman–Crippen LogP) is 3.48. The molecule has 1 fully saturated rings. The second kappa shape index (κ2) is 10.0. The summed E-state index contributed by atoms with van der Waals surface area (Å²) in [5, 5.41) is 30.5. The SMILES string of the molecule is C[C@@H](O)[C@H]1C(=O)N2C(C(=O)O)=C(c3ccc(COc4ccc5nc(C6=N[C@@H](C(=O)O)CS6)sc5c4)cc3)[C@H](C)[C@H]12. The van der Waals surface area contributed by atoms with Crippen LogP contribution in [0.15, 0.2) is 53.2 Å². The molecule has 5 atom stereocenters. The molecule has 0 saturated carbocycles. The van der Waals surface area contributed by atoms with Crippen molar-refractivity contribution in [2.45, 2.75) is 38.6 Å². The molecule has 1 aromatic heterocycles. The molecule has 10 nitrogen and oxygen atoms in total. The second-order valence-electron chi connectivity index (χ2n) is 10.1. The van der Waals surface area contributed by atoms with E-state index in [0.717, 1.165) is 21.3 Å². The van der Waals surface area contributed by atoms with E-state index in [9.17, 15) is 29.7 Å². The molecule has 3 aliphatic heterocycles. The van der Waals surface area contributed by atoms with Crippen molar-refractivity contribution in [1.29, 1.82) is 0 Å². The number of benzene rings is 2. The summed E-state index contributed by atoms with van der Waals surface area (Å²) >= 11 is 2.83. The van der Waals surface area contributed by atoms with E-state index in [1.807, 2.05) is 49.4 Å². The molecule has 206 valence electrons. The lowest BCUT2D eigenvalue weighted by Gasteiger charge is -2.46. The number of aliphatic carboxylic acids is 2. The van der Waals surface area contributed by atoms with Gasteiger partial charge in [0.2, 0.25) is 5.91 Å². The maximum absolute atomic E-state index is 12.6. The summed E-state index contributed by atoms with van der Waals surface area (Å²) in [5.41, 5.74) is 2.97. The van der Waals surface area contributed by atoms with Crippen molar-refractivity contribution in [3.63, 3.8) is 0 Å². The van der Waals surface area contributed by atoms with Gasteiger partial charge in [0.25, 0.3) is 0 Å². The van der Waals surface area contributed by atoms with E-state index in [4.69, 9.17) is 4.74 Å².